The zero-order chi connectivity index (χ0) is 13.4. The first-order chi connectivity index (χ1) is 9.15. The molecule has 0 aliphatic heterocycles. The van der Waals surface area contributed by atoms with E-state index >= 15 is 0 Å². The molecule has 98 valence electrons. The van der Waals surface area contributed by atoms with E-state index in [-0.39, 0.29) is 5.69 Å². The standard InChI is InChI=1S/C15H16N2O2/c1-17-14(9-13(16-17)15(18)19)12-7-6-10-4-2-3-5-11(10)8-12/h6-9H,2-5H2,1H3,(H,18,19). The zero-order valence-electron chi connectivity index (χ0n) is 10.9. The number of carbonyl (C=O) groups is 1. The van der Waals surface area contributed by atoms with Crippen LogP contribution in [0.5, 0.6) is 0 Å². The summed E-state index contributed by atoms with van der Waals surface area (Å²) >= 11 is 0. The Labute approximate surface area is 111 Å². The third-order valence-electron chi connectivity index (χ3n) is 3.74. The number of hydrogen-bond donors (Lipinski definition) is 1. The van der Waals surface area contributed by atoms with Crippen molar-refractivity contribution in [1.29, 1.82) is 0 Å². The molecule has 0 saturated heterocycles. The van der Waals surface area contributed by atoms with Crippen molar-refractivity contribution < 1.29 is 9.90 Å². The van der Waals surface area contributed by atoms with Crippen molar-refractivity contribution in [2.24, 2.45) is 7.05 Å². The van der Waals surface area contributed by atoms with Crippen molar-refractivity contribution in [3.05, 3.63) is 41.1 Å². The van der Waals surface area contributed by atoms with Crippen LogP contribution in [0.4, 0.5) is 0 Å². The topological polar surface area (TPSA) is 55.1 Å². The van der Waals surface area contributed by atoms with Crippen molar-refractivity contribution in [2.45, 2.75) is 25.7 Å². The highest BCUT2D eigenvalue weighted by Gasteiger charge is 2.15. The van der Waals surface area contributed by atoms with Crippen LogP contribution in [-0.4, -0.2) is 20.9 Å². The lowest BCUT2D eigenvalue weighted by Crippen LogP contribution is -2.03. The van der Waals surface area contributed by atoms with Gasteiger partial charge in [-0.2, -0.15) is 5.10 Å². The molecule has 0 bridgehead atoms. The lowest BCUT2D eigenvalue weighted by Gasteiger charge is -2.16. The van der Waals surface area contributed by atoms with Gasteiger partial charge in [-0.25, -0.2) is 4.79 Å². The second-order valence-electron chi connectivity index (χ2n) is 5.03. The molecule has 0 atom stereocenters. The van der Waals surface area contributed by atoms with Crippen molar-refractivity contribution in [2.75, 3.05) is 0 Å². The van der Waals surface area contributed by atoms with Gasteiger partial charge in [0.1, 0.15) is 0 Å². The van der Waals surface area contributed by atoms with Gasteiger partial charge in [0.25, 0.3) is 0 Å². The van der Waals surface area contributed by atoms with Crippen LogP contribution in [0.15, 0.2) is 24.3 Å². The Hall–Kier alpha value is -2.10. The van der Waals surface area contributed by atoms with Crippen LogP contribution in [0.3, 0.4) is 0 Å². The molecule has 1 aromatic carbocycles. The predicted octanol–water partition coefficient (Wildman–Crippen LogP) is 2.66. The Morgan fingerprint density at radius 2 is 1.95 bits per heavy atom. The van der Waals surface area contributed by atoms with Crippen LogP contribution in [0.25, 0.3) is 11.3 Å². The van der Waals surface area contributed by atoms with Gasteiger partial charge < -0.3 is 5.11 Å². The molecule has 4 nitrogen and oxygen atoms in total. The molecule has 0 radical (unpaired) electrons. The second-order valence-corrected chi connectivity index (χ2v) is 5.03. The highest BCUT2D eigenvalue weighted by molar-refractivity contribution is 5.87. The third kappa shape index (κ3) is 2.14. The highest BCUT2D eigenvalue weighted by atomic mass is 16.4. The van der Waals surface area contributed by atoms with Gasteiger partial charge in [-0.05, 0) is 48.9 Å². The SMILES string of the molecule is Cn1nc(C(=O)O)cc1-c1ccc2c(c1)CCCC2. The Bertz CT molecular complexity index is 644. The first kappa shape index (κ1) is 12.0. The fourth-order valence-electron chi connectivity index (χ4n) is 2.73. The Kier molecular flexibility index (Phi) is 2.85. The van der Waals surface area contributed by atoms with Gasteiger partial charge in [-0.15, -0.1) is 0 Å². The minimum atomic E-state index is -0.986. The maximum absolute atomic E-state index is 11.0. The smallest absolute Gasteiger partial charge is 0.356 e. The molecule has 1 aliphatic rings. The minimum absolute atomic E-state index is 0.0928. The lowest BCUT2D eigenvalue weighted by atomic mass is 9.90. The summed E-state index contributed by atoms with van der Waals surface area (Å²) in [4.78, 5) is 11.0. The molecule has 4 heteroatoms. The summed E-state index contributed by atoms with van der Waals surface area (Å²) in [6.45, 7) is 0. The Balaban J connectivity index is 2.04. The van der Waals surface area contributed by atoms with Crippen molar-refractivity contribution in [3.8, 4) is 11.3 Å². The van der Waals surface area contributed by atoms with Crippen molar-refractivity contribution in [3.63, 3.8) is 0 Å². The van der Waals surface area contributed by atoms with Gasteiger partial charge in [0.05, 0.1) is 5.69 Å². The second kappa shape index (κ2) is 4.53. The number of aryl methyl sites for hydroxylation is 3. The molecule has 0 spiro atoms. The van der Waals surface area contributed by atoms with Gasteiger partial charge in [-0.1, -0.05) is 12.1 Å². The number of hydrogen-bond acceptors (Lipinski definition) is 2. The maximum atomic E-state index is 11.0. The molecule has 1 heterocycles. The predicted molar refractivity (Wildman–Crippen MR) is 72.2 cm³/mol. The number of carboxylic acids is 1. The molecular formula is C15H16N2O2. The average Bonchev–Trinajstić information content (AvgIpc) is 2.80. The van der Waals surface area contributed by atoms with E-state index in [1.807, 2.05) is 0 Å². The number of fused-ring (bicyclic) bond motifs is 1. The van der Waals surface area contributed by atoms with E-state index in [9.17, 15) is 4.79 Å². The largest absolute Gasteiger partial charge is 0.476 e. The van der Waals surface area contributed by atoms with Gasteiger partial charge in [0, 0.05) is 12.6 Å². The Morgan fingerprint density at radius 3 is 2.63 bits per heavy atom. The number of carboxylic acid groups (broad SMARTS) is 1. The van der Waals surface area contributed by atoms with E-state index in [2.05, 4.69) is 23.3 Å². The molecule has 2 aromatic rings. The van der Waals surface area contributed by atoms with E-state index < -0.39 is 5.97 Å². The molecule has 19 heavy (non-hydrogen) atoms. The number of nitrogens with zero attached hydrogens (tertiary/aromatic N) is 2. The molecule has 1 aliphatic carbocycles. The molecule has 0 fully saturated rings. The summed E-state index contributed by atoms with van der Waals surface area (Å²) in [6.07, 6.45) is 4.78. The van der Waals surface area contributed by atoms with Gasteiger partial charge in [-0.3, -0.25) is 4.68 Å². The monoisotopic (exact) mass is 256 g/mol. The number of aromatic nitrogens is 2. The molecular weight excluding hydrogens is 240 g/mol. The quantitative estimate of drug-likeness (QED) is 0.898. The first-order valence-corrected chi connectivity index (χ1v) is 6.54. The molecule has 0 unspecified atom stereocenters. The van der Waals surface area contributed by atoms with Crippen LogP contribution < -0.4 is 0 Å². The average molecular weight is 256 g/mol. The maximum Gasteiger partial charge on any atom is 0.356 e. The van der Waals surface area contributed by atoms with Crippen LogP contribution in [-0.2, 0) is 19.9 Å². The van der Waals surface area contributed by atoms with E-state index in [0.29, 0.717) is 0 Å². The van der Waals surface area contributed by atoms with Gasteiger partial charge >= 0.3 is 5.97 Å². The van der Waals surface area contributed by atoms with Crippen LogP contribution in [0, 0.1) is 0 Å². The summed E-state index contributed by atoms with van der Waals surface area (Å²) in [5, 5.41) is 13.0. The summed E-state index contributed by atoms with van der Waals surface area (Å²) in [5.74, 6) is -0.986. The van der Waals surface area contributed by atoms with E-state index in [1.54, 1.807) is 17.8 Å². The van der Waals surface area contributed by atoms with Gasteiger partial charge in [0.15, 0.2) is 5.69 Å². The normalized spacial score (nSPS) is 14.2. The van der Waals surface area contributed by atoms with E-state index in [4.69, 9.17) is 5.11 Å². The van der Waals surface area contributed by atoms with Crippen LogP contribution in [0.1, 0.15) is 34.5 Å². The van der Waals surface area contributed by atoms with Crippen molar-refractivity contribution in [1.82, 2.24) is 9.78 Å². The van der Waals surface area contributed by atoms with Crippen molar-refractivity contribution >= 4 is 5.97 Å². The molecule has 1 aromatic heterocycles. The fraction of sp³-hybridized carbons (Fsp3) is 0.333. The van der Waals surface area contributed by atoms with Gasteiger partial charge in [0.2, 0.25) is 0 Å². The van der Waals surface area contributed by atoms with E-state index in [0.717, 1.165) is 24.1 Å². The summed E-state index contributed by atoms with van der Waals surface area (Å²) < 4.78 is 1.63. The number of benzene rings is 1. The third-order valence-corrected chi connectivity index (χ3v) is 3.74. The first-order valence-electron chi connectivity index (χ1n) is 6.54. The number of rotatable bonds is 2. The summed E-state index contributed by atoms with van der Waals surface area (Å²) in [7, 11) is 1.78. The fourth-order valence-corrected chi connectivity index (χ4v) is 2.73. The molecule has 0 saturated carbocycles. The minimum Gasteiger partial charge on any atom is -0.476 e. The molecule has 0 amide bonds. The van der Waals surface area contributed by atoms with Crippen LogP contribution >= 0.6 is 0 Å². The summed E-state index contributed by atoms with van der Waals surface area (Å²) in [5.41, 5.74) is 4.81. The molecule has 1 N–H and O–H groups in total. The zero-order valence-corrected chi connectivity index (χ0v) is 10.9. The summed E-state index contributed by atoms with van der Waals surface area (Å²) in [6, 6.07) is 8.04. The van der Waals surface area contributed by atoms with E-state index in [1.165, 1.54) is 24.0 Å². The van der Waals surface area contributed by atoms with Crippen LogP contribution in [0.2, 0.25) is 0 Å². The molecule has 3 rings (SSSR count). The Morgan fingerprint density at radius 1 is 1.21 bits per heavy atom. The highest BCUT2D eigenvalue weighted by Crippen LogP contribution is 2.27. The number of aromatic carboxylic acids is 1. The lowest BCUT2D eigenvalue weighted by molar-refractivity contribution is 0.0689.